The van der Waals surface area contributed by atoms with Crippen LogP contribution in [0.1, 0.15) is 29.4 Å². The minimum Gasteiger partial charge on any atom is -0.477 e. The Balaban J connectivity index is 2.39. The van der Waals surface area contributed by atoms with Gasteiger partial charge in [0.2, 0.25) is 0 Å². The first-order chi connectivity index (χ1) is 8.61. The zero-order valence-electron chi connectivity index (χ0n) is 10.1. The van der Waals surface area contributed by atoms with Crippen molar-refractivity contribution in [2.24, 2.45) is 0 Å². The molecule has 18 heavy (non-hydrogen) atoms. The average Bonchev–Trinajstić information content (AvgIpc) is 2.73. The van der Waals surface area contributed by atoms with Crippen LogP contribution in [-0.4, -0.2) is 15.6 Å². The van der Waals surface area contributed by atoms with Crippen molar-refractivity contribution in [3.63, 3.8) is 0 Å². The number of aromatic carboxylic acids is 1. The van der Waals surface area contributed by atoms with Crippen molar-refractivity contribution in [1.29, 1.82) is 0 Å². The monoisotopic (exact) mass is 263 g/mol. The number of carboxylic acids is 1. The van der Waals surface area contributed by atoms with Gasteiger partial charge < -0.3 is 9.67 Å². The molecule has 4 heteroatoms. The van der Waals surface area contributed by atoms with Gasteiger partial charge in [0.25, 0.3) is 0 Å². The first kappa shape index (κ1) is 12.7. The molecule has 0 fully saturated rings. The van der Waals surface area contributed by atoms with Gasteiger partial charge in [0.1, 0.15) is 5.69 Å². The molecule has 0 bridgehead atoms. The van der Waals surface area contributed by atoms with Gasteiger partial charge in [-0.05, 0) is 30.2 Å². The van der Waals surface area contributed by atoms with E-state index in [4.69, 9.17) is 16.7 Å². The van der Waals surface area contributed by atoms with Crippen molar-refractivity contribution in [1.82, 2.24) is 4.57 Å². The fourth-order valence-corrected chi connectivity index (χ4v) is 2.12. The highest BCUT2D eigenvalue weighted by molar-refractivity contribution is 6.31. The second-order valence-electron chi connectivity index (χ2n) is 4.14. The maximum Gasteiger partial charge on any atom is 0.352 e. The fourth-order valence-electron chi connectivity index (χ4n) is 1.92. The van der Waals surface area contributed by atoms with E-state index in [2.05, 4.69) is 6.92 Å². The highest BCUT2D eigenvalue weighted by atomic mass is 35.5. The van der Waals surface area contributed by atoms with Gasteiger partial charge in [0.05, 0.1) is 5.02 Å². The summed E-state index contributed by atoms with van der Waals surface area (Å²) in [6, 6.07) is 9.29. The largest absolute Gasteiger partial charge is 0.477 e. The summed E-state index contributed by atoms with van der Waals surface area (Å²) in [4.78, 5) is 11.1. The van der Waals surface area contributed by atoms with Crippen molar-refractivity contribution in [3.8, 4) is 5.69 Å². The summed E-state index contributed by atoms with van der Waals surface area (Å²) in [5, 5.41) is 9.52. The number of nitrogens with zero attached hydrogens (tertiary/aromatic N) is 1. The number of benzene rings is 1. The van der Waals surface area contributed by atoms with Crippen LogP contribution in [0.3, 0.4) is 0 Å². The van der Waals surface area contributed by atoms with E-state index < -0.39 is 5.97 Å². The molecule has 0 unspecified atom stereocenters. The lowest BCUT2D eigenvalue weighted by atomic mass is 10.1. The lowest BCUT2D eigenvalue weighted by molar-refractivity contribution is 0.0688. The van der Waals surface area contributed by atoms with E-state index in [1.807, 2.05) is 24.3 Å². The second-order valence-corrected chi connectivity index (χ2v) is 4.57. The summed E-state index contributed by atoms with van der Waals surface area (Å²) in [7, 11) is 0. The third kappa shape index (κ3) is 2.57. The van der Waals surface area contributed by atoms with E-state index in [1.165, 1.54) is 11.6 Å². The number of hydrogen-bond donors (Lipinski definition) is 1. The van der Waals surface area contributed by atoms with Gasteiger partial charge in [-0.3, -0.25) is 0 Å². The van der Waals surface area contributed by atoms with Crippen molar-refractivity contribution < 1.29 is 9.90 Å². The topological polar surface area (TPSA) is 42.2 Å². The number of hydrogen-bond acceptors (Lipinski definition) is 1. The third-order valence-electron chi connectivity index (χ3n) is 2.76. The maximum absolute atomic E-state index is 11.1. The Kier molecular flexibility index (Phi) is 3.72. The summed E-state index contributed by atoms with van der Waals surface area (Å²) >= 11 is 5.86. The van der Waals surface area contributed by atoms with Gasteiger partial charge in [-0.15, -0.1) is 0 Å². The molecule has 0 radical (unpaired) electrons. The minimum atomic E-state index is -0.987. The fraction of sp³-hybridized carbons (Fsp3) is 0.214. The Labute approximate surface area is 111 Å². The van der Waals surface area contributed by atoms with E-state index in [0.717, 1.165) is 18.5 Å². The van der Waals surface area contributed by atoms with Crippen molar-refractivity contribution in [3.05, 3.63) is 52.8 Å². The highest BCUT2D eigenvalue weighted by Crippen LogP contribution is 2.20. The third-order valence-corrected chi connectivity index (χ3v) is 2.97. The predicted octanol–water partition coefficient (Wildman–Crippen LogP) is 3.78. The molecule has 0 atom stereocenters. The number of rotatable bonds is 4. The SMILES string of the molecule is CCCc1ccc(-n2cc(Cl)cc2C(=O)O)cc1. The summed E-state index contributed by atoms with van der Waals surface area (Å²) in [6.07, 6.45) is 3.73. The van der Waals surface area contributed by atoms with Crippen LogP contribution < -0.4 is 0 Å². The number of aromatic nitrogens is 1. The van der Waals surface area contributed by atoms with Gasteiger partial charge >= 0.3 is 5.97 Å². The summed E-state index contributed by atoms with van der Waals surface area (Å²) in [5.41, 5.74) is 2.22. The zero-order chi connectivity index (χ0) is 13.1. The van der Waals surface area contributed by atoms with E-state index >= 15 is 0 Å². The molecule has 1 aromatic heterocycles. The molecule has 0 aliphatic carbocycles. The Morgan fingerprint density at radius 2 is 2.00 bits per heavy atom. The molecule has 0 saturated heterocycles. The predicted molar refractivity (Wildman–Crippen MR) is 71.7 cm³/mol. The molecule has 1 heterocycles. The highest BCUT2D eigenvalue weighted by Gasteiger charge is 2.12. The molecule has 0 spiro atoms. The first-order valence-electron chi connectivity index (χ1n) is 5.82. The Bertz CT molecular complexity index is 558. The normalized spacial score (nSPS) is 10.6. The van der Waals surface area contributed by atoms with E-state index in [1.54, 1.807) is 10.8 Å². The number of aryl methyl sites for hydroxylation is 1. The van der Waals surface area contributed by atoms with Gasteiger partial charge in [-0.2, -0.15) is 0 Å². The standard InChI is InChI=1S/C14H14ClNO2/c1-2-3-10-4-6-12(7-5-10)16-9-11(15)8-13(16)14(17)18/h4-9H,2-3H2,1H3,(H,17,18). The summed E-state index contributed by atoms with van der Waals surface area (Å²) in [5.74, 6) is -0.987. The molecule has 1 aromatic carbocycles. The molecule has 0 saturated carbocycles. The molecule has 2 rings (SSSR count). The lowest BCUT2D eigenvalue weighted by Gasteiger charge is -2.07. The van der Waals surface area contributed by atoms with Crippen LogP contribution in [0.2, 0.25) is 5.02 Å². The Hall–Kier alpha value is -1.74. The molecular formula is C14H14ClNO2. The van der Waals surface area contributed by atoms with E-state index in [-0.39, 0.29) is 5.69 Å². The van der Waals surface area contributed by atoms with Crippen LogP contribution in [0.25, 0.3) is 5.69 Å². The van der Waals surface area contributed by atoms with Gasteiger partial charge in [0.15, 0.2) is 0 Å². The molecule has 3 nitrogen and oxygen atoms in total. The van der Waals surface area contributed by atoms with Gasteiger partial charge in [-0.25, -0.2) is 4.79 Å². The Morgan fingerprint density at radius 3 is 2.56 bits per heavy atom. The van der Waals surface area contributed by atoms with Gasteiger partial charge in [0, 0.05) is 11.9 Å². The molecule has 94 valence electrons. The second kappa shape index (κ2) is 5.27. The molecule has 0 aliphatic heterocycles. The minimum absolute atomic E-state index is 0.170. The van der Waals surface area contributed by atoms with Crippen LogP contribution in [-0.2, 0) is 6.42 Å². The van der Waals surface area contributed by atoms with Crippen LogP contribution in [0, 0.1) is 0 Å². The number of carbonyl (C=O) groups is 1. The summed E-state index contributed by atoms with van der Waals surface area (Å²) < 4.78 is 1.58. The quantitative estimate of drug-likeness (QED) is 0.912. The van der Waals surface area contributed by atoms with Crippen LogP contribution in [0.5, 0.6) is 0 Å². The smallest absolute Gasteiger partial charge is 0.352 e. The van der Waals surface area contributed by atoms with Crippen LogP contribution in [0.4, 0.5) is 0 Å². The van der Waals surface area contributed by atoms with Crippen molar-refractivity contribution in [2.75, 3.05) is 0 Å². The van der Waals surface area contributed by atoms with E-state index in [9.17, 15) is 4.79 Å². The lowest BCUT2D eigenvalue weighted by Crippen LogP contribution is -2.05. The maximum atomic E-state index is 11.1. The molecule has 2 aromatic rings. The Morgan fingerprint density at radius 1 is 1.33 bits per heavy atom. The van der Waals surface area contributed by atoms with Gasteiger partial charge in [-0.1, -0.05) is 37.1 Å². The average molecular weight is 264 g/mol. The molecule has 0 amide bonds. The van der Waals surface area contributed by atoms with Crippen molar-refractivity contribution in [2.45, 2.75) is 19.8 Å². The number of halogens is 1. The molecular weight excluding hydrogens is 250 g/mol. The molecule has 1 N–H and O–H groups in total. The van der Waals surface area contributed by atoms with E-state index in [0.29, 0.717) is 5.02 Å². The number of carboxylic acid groups (broad SMARTS) is 1. The first-order valence-corrected chi connectivity index (χ1v) is 6.20. The van der Waals surface area contributed by atoms with Crippen molar-refractivity contribution >= 4 is 17.6 Å². The zero-order valence-corrected chi connectivity index (χ0v) is 10.8. The van der Waals surface area contributed by atoms with Crippen LogP contribution in [0.15, 0.2) is 36.5 Å². The molecule has 0 aliphatic rings. The summed E-state index contributed by atoms with van der Waals surface area (Å²) in [6.45, 7) is 2.13. The van der Waals surface area contributed by atoms with Crippen LogP contribution >= 0.6 is 11.6 Å².